The van der Waals surface area contributed by atoms with E-state index in [9.17, 15) is 47.7 Å². The number of benzene rings is 4. The van der Waals surface area contributed by atoms with Crippen LogP contribution in [0.1, 0.15) is 134 Å². The number of imide groups is 1. The van der Waals surface area contributed by atoms with E-state index in [1.54, 1.807) is 24.9 Å². The van der Waals surface area contributed by atoms with Gasteiger partial charge in [0.25, 0.3) is 13.3 Å². The number of carbonyl (C=O) groups is 9. The number of aryl methyl sites for hydroxylation is 1. The molecule has 1 saturated carbocycles. The number of hydrogen-bond donors (Lipinski definition) is 6. The first-order valence-corrected chi connectivity index (χ1v) is 31.7. The van der Waals surface area contributed by atoms with Crippen molar-refractivity contribution in [1.29, 1.82) is 0 Å². The molecule has 10 rings (SSSR count). The van der Waals surface area contributed by atoms with Gasteiger partial charge < -0.3 is 41.0 Å². The Morgan fingerprint density at radius 3 is 2.16 bits per heavy atom. The Hall–Kier alpha value is -8.49. The zero-order chi connectivity index (χ0) is 61.0. The van der Waals surface area contributed by atoms with Crippen LogP contribution in [0, 0.1) is 11.8 Å². The van der Waals surface area contributed by atoms with Crippen LogP contribution in [0.15, 0.2) is 108 Å². The second kappa shape index (κ2) is 26.0. The van der Waals surface area contributed by atoms with Crippen molar-refractivity contribution in [2.45, 2.75) is 127 Å². The highest BCUT2D eigenvalue weighted by atomic mass is 31.2. The molecule has 3 aliphatic heterocycles. The first-order valence-electron chi connectivity index (χ1n) is 29.6. The van der Waals surface area contributed by atoms with Crippen LogP contribution in [0.25, 0.3) is 21.9 Å². The first kappa shape index (κ1) is 60.6. The zero-order valence-corrected chi connectivity index (χ0v) is 49.4. The van der Waals surface area contributed by atoms with Gasteiger partial charge in [-0.3, -0.25) is 62.2 Å². The number of nitrogens with one attached hydrogen (secondary N) is 5. The minimum atomic E-state index is -3.66. The van der Waals surface area contributed by atoms with E-state index in [0.29, 0.717) is 40.7 Å². The molecule has 5 heterocycles. The highest BCUT2D eigenvalue weighted by Crippen LogP contribution is 2.46. The summed E-state index contributed by atoms with van der Waals surface area (Å²) in [5, 5.41) is 11.6. The van der Waals surface area contributed by atoms with E-state index in [1.165, 1.54) is 38.9 Å². The van der Waals surface area contributed by atoms with Crippen molar-refractivity contribution in [3.63, 3.8) is 0 Å². The average molecular weight is 1190 g/mol. The average Bonchev–Trinajstić information content (AvgIpc) is 2.07. The van der Waals surface area contributed by atoms with Crippen LogP contribution in [0.3, 0.4) is 0 Å². The molecule has 4 aromatic carbocycles. The molecule has 6 atom stereocenters. The van der Waals surface area contributed by atoms with Crippen molar-refractivity contribution in [2.24, 2.45) is 24.6 Å². The van der Waals surface area contributed by atoms with Crippen LogP contribution >= 0.6 is 7.37 Å². The summed E-state index contributed by atoms with van der Waals surface area (Å²) in [7, 11) is -1.99. The molecule has 0 radical (unpaired) electrons. The minimum Gasteiger partial charge on any atom is -0.370 e. The number of nitrogens with zero attached hydrogens (tertiary/aromatic N) is 4. The molecule has 23 heteroatoms. The van der Waals surface area contributed by atoms with Crippen molar-refractivity contribution < 1.29 is 52.2 Å². The topological polar surface area (TPSA) is 303 Å². The Morgan fingerprint density at radius 2 is 1.49 bits per heavy atom. The number of imidazole rings is 1. The van der Waals surface area contributed by atoms with Gasteiger partial charge in [-0.15, -0.1) is 0 Å². The fourth-order valence-corrected chi connectivity index (χ4v) is 14.2. The molecule has 7 N–H and O–H groups in total. The lowest BCUT2D eigenvalue weighted by Crippen LogP contribution is -2.62. The predicted octanol–water partition coefficient (Wildman–Crippen LogP) is 5.67. The van der Waals surface area contributed by atoms with Crippen molar-refractivity contribution >= 4 is 82.1 Å². The van der Waals surface area contributed by atoms with E-state index in [0.717, 1.165) is 48.8 Å². The summed E-state index contributed by atoms with van der Waals surface area (Å²) in [5.74, 6) is -3.86. The Labute approximate surface area is 496 Å². The van der Waals surface area contributed by atoms with Gasteiger partial charge in [0.2, 0.25) is 46.9 Å². The summed E-state index contributed by atoms with van der Waals surface area (Å²) >= 11 is 0. The monoisotopic (exact) mass is 1190 g/mol. The highest BCUT2D eigenvalue weighted by Gasteiger charge is 2.47. The number of aromatic amines is 1. The molecule has 1 aliphatic carbocycles. The van der Waals surface area contributed by atoms with Crippen molar-refractivity contribution in [1.82, 2.24) is 45.2 Å². The van der Waals surface area contributed by atoms with Gasteiger partial charge in [-0.1, -0.05) is 66.7 Å². The molecule has 86 heavy (non-hydrogen) atoms. The lowest BCUT2D eigenvalue weighted by atomic mass is 9.78. The fourth-order valence-electron chi connectivity index (χ4n) is 13.0. The number of H-pyrrole nitrogens is 1. The first-order chi connectivity index (χ1) is 41.3. The molecule has 4 aliphatic rings. The summed E-state index contributed by atoms with van der Waals surface area (Å²) in [6, 6.07) is 24.9. The summed E-state index contributed by atoms with van der Waals surface area (Å²) < 4.78 is 21.3. The zero-order valence-electron chi connectivity index (χ0n) is 48.5. The number of aromatic nitrogens is 3. The quantitative estimate of drug-likeness (QED) is 0.0398. The van der Waals surface area contributed by atoms with Crippen LogP contribution in [0.2, 0.25) is 0 Å². The lowest BCUT2D eigenvalue weighted by Gasteiger charge is -2.39. The molecule has 0 spiro atoms. The Balaban J connectivity index is 0.849. The second-order valence-corrected chi connectivity index (χ2v) is 25.7. The van der Waals surface area contributed by atoms with Gasteiger partial charge in [0, 0.05) is 68.6 Å². The van der Waals surface area contributed by atoms with E-state index < -0.39 is 84.6 Å². The number of amides is 8. The maximum absolute atomic E-state index is 15.3. The van der Waals surface area contributed by atoms with E-state index in [-0.39, 0.29) is 92.9 Å². The number of fused-ring (bicyclic) bond motifs is 3. The van der Waals surface area contributed by atoms with Crippen molar-refractivity contribution in [3.05, 3.63) is 142 Å². The third kappa shape index (κ3) is 13.3. The van der Waals surface area contributed by atoms with E-state index >= 15 is 4.79 Å². The molecule has 1 unspecified atom stereocenters. The summed E-state index contributed by atoms with van der Waals surface area (Å²) in [6.07, 6.45) is 5.16. The Bertz CT molecular complexity index is 3680. The molecule has 3 saturated heterocycles. The number of rotatable bonds is 20. The van der Waals surface area contributed by atoms with Crippen LogP contribution in [-0.4, -0.2) is 127 Å². The van der Waals surface area contributed by atoms with Gasteiger partial charge in [0.05, 0.1) is 23.7 Å². The third-order valence-electron chi connectivity index (χ3n) is 17.5. The van der Waals surface area contributed by atoms with Crippen LogP contribution in [0.4, 0.5) is 0 Å². The fraction of sp³-hybridized carbons (Fsp3) is 0.429. The second-order valence-electron chi connectivity index (χ2n) is 23.3. The van der Waals surface area contributed by atoms with Gasteiger partial charge in [-0.2, -0.15) is 0 Å². The number of primary amides is 1. The van der Waals surface area contributed by atoms with Crippen LogP contribution in [0.5, 0.6) is 0 Å². The smallest absolute Gasteiger partial charge is 0.329 e. The molecular formula is C63H73N10O12P. The maximum atomic E-state index is 15.3. The highest BCUT2D eigenvalue weighted by molar-refractivity contribution is 7.76. The van der Waals surface area contributed by atoms with Crippen LogP contribution < -0.4 is 32.7 Å². The van der Waals surface area contributed by atoms with Gasteiger partial charge in [0.15, 0.2) is 0 Å². The van der Waals surface area contributed by atoms with E-state index in [2.05, 4.69) is 26.3 Å². The number of nitrogens with two attached hydrogens (primary N) is 1. The Kier molecular flexibility index (Phi) is 18.3. The normalized spacial score (nSPS) is 21.9. The van der Waals surface area contributed by atoms with Gasteiger partial charge in [0.1, 0.15) is 29.9 Å². The molecule has 2 aromatic heterocycles. The van der Waals surface area contributed by atoms with E-state index in [4.69, 9.17) is 10.3 Å². The maximum Gasteiger partial charge on any atom is 0.329 e. The third-order valence-corrected chi connectivity index (χ3v) is 19.2. The minimum absolute atomic E-state index is 0.0352. The SMILES string of the molecule is CCOP(C)(=O)C(=O)c1ccc2[nH]c(C(=O)N[C@H]3CN(C(=O)CC4CCC(Cc5ccc6c(c5)n(C)c(=O)n6[C@H]5CCC(=O)NC5=O)CC4)CC[C@H]4CC[C@@H](C(=O)N[C@@H](CCC(N)=O)C(=O)NC(c5ccccc5)c5ccccc5)N4C3=O)cc2c1. The summed E-state index contributed by atoms with van der Waals surface area (Å²) in [6.45, 7) is 2.97. The molecule has 22 nitrogen and oxygen atoms in total. The lowest BCUT2D eigenvalue weighted by molar-refractivity contribution is -0.146. The number of hydrogen-bond acceptors (Lipinski definition) is 12. The molecule has 4 fully saturated rings. The van der Waals surface area contributed by atoms with Gasteiger partial charge >= 0.3 is 5.69 Å². The predicted molar refractivity (Wildman–Crippen MR) is 319 cm³/mol. The summed E-state index contributed by atoms with van der Waals surface area (Å²) in [5.41, 5.74) is 9.11. The molecule has 452 valence electrons. The Morgan fingerprint density at radius 1 is 0.791 bits per heavy atom. The number of carbonyl (C=O) groups excluding carboxylic acids is 9. The van der Waals surface area contributed by atoms with Gasteiger partial charge in [-0.05, 0) is 136 Å². The van der Waals surface area contributed by atoms with E-state index in [1.807, 2.05) is 78.9 Å². The standard InChI is InChI=1S/C63H73N10O12P/c1-4-85-86(3,84)62(82)42-20-22-45-43(34-42)35-47(65-45)58(78)67-48-36-71(55(76)33-38-17-15-37(16-18-38)31-39-19-24-49-52(32-39)70(2)63(83)73(49)51-26-28-54(75)68-60(51)80)30-29-44-21-25-50(72(44)61(48)81)59(79)66-46(23-27-53(64)74)57(77)69-56(40-11-7-5-8-12-40)41-13-9-6-10-14-41/h5-14,19-20,22,24,32,34-35,37-38,44,46,48,50-51,56,65H,4,15-18,21,23,25-31,33,36H2,1-3H3,(H2,64,74)(H,66,79)(H,67,78)(H,69,77)(H,68,75,80)/t37?,38?,44-,46+,48+,50+,51+,86?/m1/s1. The summed E-state index contributed by atoms with van der Waals surface area (Å²) in [4.78, 5) is 143. The van der Waals surface area contributed by atoms with Crippen molar-refractivity contribution in [2.75, 3.05) is 26.4 Å². The number of piperidine rings is 1. The van der Waals surface area contributed by atoms with Gasteiger partial charge in [-0.25, -0.2) is 4.79 Å². The molecule has 8 amide bonds. The van der Waals surface area contributed by atoms with Crippen molar-refractivity contribution in [3.8, 4) is 0 Å². The largest absolute Gasteiger partial charge is 0.370 e. The molecular weight excluding hydrogens is 1120 g/mol. The molecule has 0 bridgehead atoms. The molecule has 6 aromatic rings. The van der Waals surface area contributed by atoms with Crippen LogP contribution in [-0.2, 0) is 56.1 Å².